The van der Waals surface area contributed by atoms with E-state index in [4.69, 9.17) is 14.7 Å². The highest BCUT2D eigenvalue weighted by Gasteiger charge is 2.31. The average Bonchev–Trinajstić information content (AvgIpc) is 2.89. The van der Waals surface area contributed by atoms with Gasteiger partial charge in [0, 0.05) is 26.2 Å². The number of fused-ring (bicyclic) bond motifs is 1. The Balaban J connectivity index is 1.63. The van der Waals surface area contributed by atoms with E-state index in [9.17, 15) is 14.9 Å². The van der Waals surface area contributed by atoms with Crippen LogP contribution in [0.1, 0.15) is 37.1 Å². The van der Waals surface area contributed by atoms with Gasteiger partial charge in [-0.3, -0.25) is 4.79 Å². The highest BCUT2D eigenvalue weighted by Crippen LogP contribution is 2.29. The molecule has 1 fully saturated rings. The summed E-state index contributed by atoms with van der Waals surface area (Å²) < 4.78 is 5.11. The number of piperazine rings is 1. The van der Waals surface area contributed by atoms with Gasteiger partial charge in [-0.2, -0.15) is 5.26 Å². The Morgan fingerprint density at radius 2 is 1.66 bits per heavy atom. The molecule has 2 atom stereocenters. The van der Waals surface area contributed by atoms with Crippen LogP contribution in [0.15, 0.2) is 54.6 Å². The molecule has 0 radical (unpaired) electrons. The summed E-state index contributed by atoms with van der Waals surface area (Å²) in [6.07, 6.45) is -0.346. The molecule has 3 aromatic rings. The van der Waals surface area contributed by atoms with Crippen molar-refractivity contribution in [3.63, 3.8) is 0 Å². The first-order chi connectivity index (χ1) is 17.0. The van der Waals surface area contributed by atoms with Crippen LogP contribution in [0.25, 0.3) is 11.0 Å². The van der Waals surface area contributed by atoms with E-state index in [1.807, 2.05) is 66.4 Å². The van der Waals surface area contributed by atoms with Gasteiger partial charge in [-0.25, -0.2) is 14.8 Å². The molecule has 1 aliphatic heterocycles. The zero-order chi connectivity index (χ0) is 24.8. The van der Waals surface area contributed by atoms with Crippen LogP contribution >= 0.6 is 0 Å². The maximum absolute atomic E-state index is 13.3. The molecule has 0 unspecified atom stereocenters. The molecule has 0 aliphatic carbocycles. The smallest absolute Gasteiger partial charge is 0.409 e. The van der Waals surface area contributed by atoms with Gasteiger partial charge in [-0.05, 0) is 31.5 Å². The number of hydrogen-bond acceptors (Lipinski definition) is 7. The minimum Gasteiger partial charge on any atom is -0.450 e. The number of rotatable bonds is 6. The Morgan fingerprint density at radius 3 is 2.29 bits per heavy atom. The number of para-hydroxylation sites is 2. The van der Waals surface area contributed by atoms with Crippen molar-refractivity contribution in [1.29, 1.82) is 5.26 Å². The van der Waals surface area contributed by atoms with Gasteiger partial charge in [-0.15, -0.1) is 0 Å². The maximum Gasteiger partial charge on any atom is 0.409 e. The largest absolute Gasteiger partial charge is 0.450 e. The Labute approximate surface area is 204 Å². The second-order valence-electron chi connectivity index (χ2n) is 8.30. The SMILES string of the molecule is CCOC(=O)N1CCN(c2nc3ccccc3nc2[C@@H](C#N)C(=O)N[C@@H](C)c2ccccc2)CC1. The van der Waals surface area contributed by atoms with Gasteiger partial charge < -0.3 is 19.9 Å². The van der Waals surface area contributed by atoms with Crippen LogP contribution in [0.2, 0.25) is 0 Å². The molecule has 0 bridgehead atoms. The van der Waals surface area contributed by atoms with E-state index >= 15 is 0 Å². The molecule has 1 N–H and O–H groups in total. The molecule has 2 aromatic carbocycles. The van der Waals surface area contributed by atoms with Crippen molar-refractivity contribution in [2.24, 2.45) is 0 Å². The lowest BCUT2D eigenvalue weighted by atomic mass is 10.0. The van der Waals surface area contributed by atoms with E-state index in [2.05, 4.69) is 11.4 Å². The predicted molar refractivity (Wildman–Crippen MR) is 132 cm³/mol. The molecule has 2 amide bonds. The number of ether oxygens (including phenoxy) is 1. The second-order valence-corrected chi connectivity index (χ2v) is 8.30. The van der Waals surface area contributed by atoms with E-state index in [0.717, 1.165) is 5.56 Å². The van der Waals surface area contributed by atoms with E-state index in [-0.39, 0.29) is 12.1 Å². The van der Waals surface area contributed by atoms with Gasteiger partial charge in [0.2, 0.25) is 5.91 Å². The first kappa shape index (κ1) is 24.0. The fraction of sp³-hybridized carbons (Fsp3) is 0.346. The van der Waals surface area contributed by atoms with Gasteiger partial charge in [-0.1, -0.05) is 42.5 Å². The van der Waals surface area contributed by atoms with Crippen LogP contribution in [0, 0.1) is 11.3 Å². The number of nitriles is 1. The molecule has 1 saturated heterocycles. The van der Waals surface area contributed by atoms with Gasteiger partial charge in [0.05, 0.1) is 29.8 Å². The summed E-state index contributed by atoms with van der Waals surface area (Å²) in [6.45, 7) is 5.83. The molecule has 9 nitrogen and oxygen atoms in total. The summed E-state index contributed by atoms with van der Waals surface area (Å²) in [6, 6.07) is 18.8. The number of aromatic nitrogens is 2. The van der Waals surface area contributed by atoms with E-state index in [1.165, 1.54) is 0 Å². The summed E-state index contributed by atoms with van der Waals surface area (Å²) >= 11 is 0. The van der Waals surface area contributed by atoms with Gasteiger partial charge in [0.1, 0.15) is 5.69 Å². The molecule has 0 spiro atoms. The molecule has 1 aromatic heterocycles. The van der Waals surface area contributed by atoms with Crippen LogP contribution in [-0.4, -0.2) is 59.7 Å². The third-order valence-corrected chi connectivity index (χ3v) is 6.01. The predicted octanol–water partition coefficient (Wildman–Crippen LogP) is 3.39. The van der Waals surface area contributed by atoms with Crippen molar-refractivity contribution in [3.05, 3.63) is 65.9 Å². The van der Waals surface area contributed by atoms with Crippen molar-refractivity contribution in [3.8, 4) is 6.07 Å². The van der Waals surface area contributed by atoms with Crippen LogP contribution in [0.3, 0.4) is 0 Å². The van der Waals surface area contributed by atoms with Crippen LogP contribution < -0.4 is 10.2 Å². The van der Waals surface area contributed by atoms with Crippen molar-refractivity contribution >= 4 is 28.9 Å². The molecule has 180 valence electrons. The molecule has 1 aliphatic rings. The summed E-state index contributed by atoms with van der Waals surface area (Å²) in [5.74, 6) is -1.09. The fourth-order valence-corrected chi connectivity index (χ4v) is 4.11. The number of carbonyl (C=O) groups is 2. The number of carbonyl (C=O) groups excluding carboxylic acids is 2. The van der Waals surface area contributed by atoms with Crippen molar-refractivity contribution in [1.82, 2.24) is 20.2 Å². The van der Waals surface area contributed by atoms with Crippen LogP contribution in [-0.2, 0) is 9.53 Å². The standard InChI is InChI=1S/C26H28N6O3/c1-3-35-26(34)32-15-13-31(14-16-32)24-23(29-21-11-7-8-12-22(21)30-24)20(17-27)25(33)28-18(2)19-9-5-4-6-10-19/h4-12,18,20H,3,13-16H2,1-2H3,(H,28,33)/t18-,20+/m0/s1. The van der Waals surface area contributed by atoms with E-state index < -0.39 is 11.8 Å². The maximum atomic E-state index is 13.3. The Kier molecular flexibility index (Phi) is 7.41. The molecule has 9 heteroatoms. The van der Waals surface area contributed by atoms with Crippen LogP contribution in [0.5, 0.6) is 0 Å². The molecule has 0 saturated carbocycles. The first-order valence-electron chi connectivity index (χ1n) is 11.7. The first-order valence-corrected chi connectivity index (χ1v) is 11.7. The lowest BCUT2D eigenvalue weighted by Gasteiger charge is -2.35. The zero-order valence-corrected chi connectivity index (χ0v) is 19.8. The van der Waals surface area contributed by atoms with Gasteiger partial charge in [0.25, 0.3) is 0 Å². The minimum absolute atomic E-state index is 0.274. The quantitative estimate of drug-likeness (QED) is 0.585. The Morgan fingerprint density at radius 1 is 1.03 bits per heavy atom. The summed E-state index contributed by atoms with van der Waals surface area (Å²) in [7, 11) is 0. The number of nitrogens with one attached hydrogen (secondary N) is 1. The second kappa shape index (κ2) is 10.8. The van der Waals surface area contributed by atoms with E-state index in [0.29, 0.717) is 55.3 Å². The lowest BCUT2D eigenvalue weighted by molar-refractivity contribution is -0.122. The van der Waals surface area contributed by atoms with Crippen molar-refractivity contribution < 1.29 is 14.3 Å². The average molecular weight is 473 g/mol. The topological polar surface area (TPSA) is 111 Å². The van der Waals surface area contributed by atoms with Crippen molar-refractivity contribution in [2.45, 2.75) is 25.8 Å². The van der Waals surface area contributed by atoms with Gasteiger partial charge in [0.15, 0.2) is 11.7 Å². The highest BCUT2D eigenvalue weighted by molar-refractivity contribution is 5.89. The monoisotopic (exact) mass is 472 g/mol. The summed E-state index contributed by atoms with van der Waals surface area (Å²) in [4.78, 5) is 38.5. The minimum atomic E-state index is -1.14. The molecule has 4 rings (SSSR count). The molecular weight excluding hydrogens is 444 g/mol. The Bertz CT molecular complexity index is 1230. The number of benzene rings is 2. The molecule has 2 heterocycles. The molecule has 35 heavy (non-hydrogen) atoms. The molecular formula is C26H28N6O3. The third kappa shape index (κ3) is 5.32. The number of hydrogen-bond donors (Lipinski definition) is 1. The summed E-state index contributed by atoms with van der Waals surface area (Å²) in [5.41, 5.74) is 2.54. The normalized spacial score (nSPS) is 15.2. The van der Waals surface area contributed by atoms with E-state index in [1.54, 1.807) is 11.8 Å². The number of amides is 2. The van der Waals surface area contributed by atoms with Crippen LogP contribution in [0.4, 0.5) is 10.6 Å². The Hall–Kier alpha value is -4.19. The number of anilines is 1. The van der Waals surface area contributed by atoms with Gasteiger partial charge >= 0.3 is 6.09 Å². The fourth-order valence-electron chi connectivity index (χ4n) is 4.11. The lowest BCUT2D eigenvalue weighted by Crippen LogP contribution is -2.49. The highest BCUT2D eigenvalue weighted by atomic mass is 16.6. The van der Waals surface area contributed by atoms with Crippen molar-refractivity contribution in [2.75, 3.05) is 37.7 Å². The third-order valence-electron chi connectivity index (χ3n) is 6.01. The zero-order valence-electron chi connectivity index (χ0n) is 19.8. The number of nitrogens with zero attached hydrogens (tertiary/aromatic N) is 5. The summed E-state index contributed by atoms with van der Waals surface area (Å²) in [5, 5.41) is 13.0.